The summed E-state index contributed by atoms with van der Waals surface area (Å²) in [5, 5.41) is 14.6. The number of aromatic amines is 1. The zero-order valence-corrected chi connectivity index (χ0v) is 21.1. The van der Waals surface area contributed by atoms with Gasteiger partial charge in [-0.3, -0.25) is 4.79 Å². The highest BCUT2D eigenvalue weighted by Gasteiger charge is 2.35. The van der Waals surface area contributed by atoms with E-state index in [9.17, 15) is 9.18 Å². The number of amides is 1. The van der Waals surface area contributed by atoms with Gasteiger partial charge in [0.15, 0.2) is 5.82 Å². The van der Waals surface area contributed by atoms with E-state index in [0.29, 0.717) is 53.8 Å². The van der Waals surface area contributed by atoms with E-state index in [1.807, 2.05) is 31.2 Å². The molecule has 5 rings (SSSR count). The summed E-state index contributed by atoms with van der Waals surface area (Å²) in [6, 6.07) is 18.7. The van der Waals surface area contributed by atoms with E-state index in [4.69, 9.17) is 19.7 Å². The number of ether oxygens (including phenoxy) is 2. The summed E-state index contributed by atoms with van der Waals surface area (Å²) in [7, 11) is 0. The van der Waals surface area contributed by atoms with Gasteiger partial charge >= 0.3 is 0 Å². The predicted molar refractivity (Wildman–Crippen MR) is 141 cm³/mol. The number of H-pyrrole nitrogens is 1. The minimum atomic E-state index is -0.783. The first-order chi connectivity index (χ1) is 18.9. The molecule has 0 saturated carbocycles. The van der Waals surface area contributed by atoms with Gasteiger partial charge in [0.25, 0.3) is 5.91 Å². The number of nitrogens with one attached hydrogen (secondary N) is 3. The van der Waals surface area contributed by atoms with Crippen molar-refractivity contribution in [2.24, 2.45) is 5.41 Å². The van der Waals surface area contributed by atoms with Gasteiger partial charge in [-0.1, -0.05) is 25.1 Å². The predicted octanol–water partition coefficient (Wildman–Crippen LogP) is 4.09. The average Bonchev–Trinajstić information content (AvgIpc) is 3.42. The number of carbonyl (C=O) groups is 1. The third-order valence-electron chi connectivity index (χ3n) is 6.18. The van der Waals surface area contributed by atoms with E-state index in [1.165, 1.54) is 12.1 Å². The van der Waals surface area contributed by atoms with Gasteiger partial charge in [0, 0.05) is 29.3 Å². The first-order valence-corrected chi connectivity index (χ1v) is 12.3. The van der Waals surface area contributed by atoms with Crippen LogP contribution in [0.2, 0.25) is 0 Å². The highest BCUT2D eigenvalue weighted by molar-refractivity contribution is 5.94. The second kappa shape index (κ2) is 11.4. The molecule has 198 valence electrons. The molecule has 11 heteroatoms. The second-order valence-corrected chi connectivity index (χ2v) is 9.44. The quantitative estimate of drug-likeness (QED) is 0.291. The molecule has 4 aromatic rings. The highest BCUT2D eigenvalue weighted by atomic mass is 19.1. The molecule has 1 aliphatic rings. The number of imidazole rings is 1. The fraction of sp³-hybridized carbons (Fsp3) is 0.250. The molecule has 3 heterocycles. The molecule has 39 heavy (non-hydrogen) atoms. The van der Waals surface area contributed by atoms with Gasteiger partial charge in [-0.25, -0.2) is 19.3 Å². The van der Waals surface area contributed by atoms with Crippen LogP contribution in [0.3, 0.4) is 0 Å². The van der Waals surface area contributed by atoms with Crippen molar-refractivity contribution in [3.63, 3.8) is 0 Å². The molecule has 1 aliphatic heterocycles. The van der Waals surface area contributed by atoms with Crippen molar-refractivity contribution in [3.05, 3.63) is 84.1 Å². The molecule has 0 bridgehead atoms. The molecule has 1 saturated heterocycles. The third kappa shape index (κ3) is 6.09. The molecule has 0 aliphatic carbocycles. The summed E-state index contributed by atoms with van der Waals surface area (Å²) in [6.07, 6.45) is 0.786. The number of aromatic nitrogens is 4. The summed E-state index contributed by atoms with van der Waals surface area (Å²) in [5.74, 6) is 0.185. The molecule has 10 nitrogen and oxygen atoms in total. The van der Waals surface area contributed by atoms with Crippen molar-refractivity contribution in [3.8, 4) is 28.7 Å². The largest absolute Gasteiger partial charge is 0.351 e. The minimum Gasteiger partial charge on any atom is -0.351 e. The zero-order valence-electron chi connectivity index (χ0n) is 21.1. The van der Waals surface area contributed by atoms with E-state index < -0.39 is 11.7 Å². The van der Waals surface area contributed by atoms with Gasteiger partial charge in [-0.05, 0) is 42.5 Å². The molecule has 1 amide bonds. The maximum absolute atomic E-state index is 13.6. The number of nitriles is 1. The number of hydrogen-bond donors (Lipinski definition) is 3. The fourth-order valence-electron chi connectivity index (χ4n) is 4.10. The van der Waals surface area contributed by atoms with Gasteiger partial charge in [-0.15, -0.1) is 0 Å². The maximum atomic E-state index is 13.6. The lowest BCUT2D eigenvalue weighted by Crippen LogP contribution is -2.45. The van der Waals surface area contributed by atoms with Crippen LogP contribution >= 0.6 is 0 Å². The van der Waals surface area contributed by atoms with Crippen molar-refractivity contribution in [2.45, 2.75) is 13.2 Å². The molecule has 0 spiro atoms. The number of halogens is 1. The number of hydrogen-bond acceptors (Lipinski definition) is 8. The zero-order chi connectivity index (χ0) is 27.2. The van der Waals surface area contributed by atoms with Gasteiger partial charge in [0.05, 0.1) is 36.4 Å². The molecule has 1 fully saturated rings. The van der Waals surface area contributed by atoms with Crippen LogP contribution in [0.1, 0.15) is 29.4 Å². The lowest BCUT2D eigenvalue weighted by atomic mass is 9.92. The van der Waals surface area contributed by atoms with Crippen LogP contribution in [-0.4, -0.2) is 52.1 Å². The average molecular weight is 528 g/mol. The van der Waals surface area contributed by atoms with Crippen LogP contribution in [0.5, 0.6) is 0 Å². The Bertz CT molecular complexity index is 1480. The van der Waals surface area contributed by atoms with Gasteiger partial charge in [-0.2, -0.15) is 5.26 Å². The van der Waals surface area contributed by atoms with E-state index >= 15 is 0 Å². The standard InChI is InChI=1S/C28H26FN7O3/c1-28(15-33-25(37)19-5-3-2-4-6-19)16-38-26(39-17-28)24-35-22(18-7-9-20(29)10-8-18)23(36-24)21-11-13-31-27(34-21)32-14-12-30/h2-11,13,26H,14-17H2,1H3,(H,33,37)(H,35,36)(H,31,32,34). The number of carbonyl (C=O) groups excluding carboxylic acids is 1. The van der Waals surface area contributed by atoms with Crippen molar-refractivity contribution < 1.29 is 18.7 Å². The van der Waals surface area contributed by atoms with Crippen LogP contribution in [0.4, 0.5) is 10.3 Å². The Morgan fingerprint density at radius 3 is 2.59 bits per heavy atom. The molecule has 2 aromatic carbocycles. The Morgan fingerprint density at radius 1 is 1.13 bits per heavy atom. The first kappa shape index (κ1) is 26.0. The van der Waals surface area contributed by atoms with Crippen molar-refractivity contribution in [1.29, 1.82) is 5.26 Å². The number of benzene rings is 2. The molecule has 0 radical (unpaired) electrons. The summed E-state index contributed by atoms with van der Waals surface area (Å²) < 4.78 is 25.7. The number of nitrogens with zero attached hydrogens (tertiary/aromatic N) is 4. The van der Waals surface area contributed by atoms with Crippen LogP contribution in [0.25, 0.3) is 22.6 Å². The number of anilines is 1. The monoisotopic (exact) mass is 527 g/mol. The van der Waals surface area contributed by atoms with E-state index in [1.54, 1.807) is 36.5 Å². The van der Waals surface area contributed by atoms with Crippen LogP contribution < -0.4 is 10.6 Å². The smallest absolute Gasteiger partial charge is 0.251 e. The van der Waals surface area contributed by atoms with Gasteiger partial charge in [0.1, 0.15) is 12.4 Å². The molecule has 3 N–H and O–H groups in total. The fourth-order valence-corrected chi connectivity index (χ4v) is 4.10. The van der Waals surface area contributed by atoms with Gasteiger partial charge < -0.3 is 25.1 Å². The Kier molecular flexibility index (Phi) is 7.58. The lowest BCUT2D eigenvalue weighted by molar-refractivity contribution is -0.231. The van der Waals surface area contributed by atoms with Gasteiger partial charge in [0.2, 0.25) is 12.2 Å². The lowest BCUT2D eigenvalue weighted by Gasteiger charge is -2.36. The molecular weight excluding hydrogens is 501 g/mol. The summed E-state index contributed by atoms with van der Waals surface area (Å²) >= 11 is 0. The van der Waals surface area contributed by atoms with Crippen molar-refractivity contribution in [2.75, 3.05) is 31.6 Å². The Morgan fingerprint density at radius 2 is 1.87 bits per heavy atom. The maximum Gasteiger partial charge on any atom is 0.251 e. The van der Waals surface area contributed by atoms with E-state index in [2.05, 4.69) is 25.6 Å². The van der Waals surface area contributed by atoms with Crippen LogP contribution in [-0.2, 0) is 9.47 Å². The summed E-state index contributed by atoms with van der Waals surface area (Å²) in [6.45, 7) is 3.05. The summed E-state index contributed by atoms with van der Waals surface area (Å²) in [4.78, 5) is 29.1. The molecule has 2 aromatic heterocycles. The number of rotatable bonds is 8. The Labute approximate surface area is 224 Å². The van der Waals surface area contributed by atoms with Crippen LogP contribution in [0, 0.1) is 22.6 Å². The SMILES string of the molecule is CC1(CNC(=O)c2ccccc2)COC(c2nc(-c3ccc(F)cc3)c(-c3ccnc(NCC#N)n3)[nH]2)OC1. The molecule has 0 atom stereocenters. The van der Waals surface area contributed by atoms with E-state index in [0.717, 1.165) is 0 Å². The first-order valence-electron chi connectivity index (χ1n) is 12.3. The highest BCUT2D eigenvalue weighted by Crippen LogP contribution is 2.35. The Balaban J connectivity index is 1.34. The second-order valence-electron chi connectivity index (χ2n) is 9.44. The van der Waals surface area contributed by atoms with Crippen LogP contribution in [0.15, 0.2) is 66.9 Å². The van der Waals surface area contributed by atoms with E-state index in [-0.39, 0.29) is 24.2 Å². The molecular formula is C28H26FN7O3. The minimum absolute atomic E-state index is 0.0524. The topological polar surface area (TPSA) is 138 Å². The molecule has 0 unspecified atom stereocenters. The normalized spacial score (nSPS) is 18.7. The summed E-state index contributed by atoms with van der Waals surface area (Å²) in [5.41, 5.74) is 2.43. The Hall–Kier alpha value is -4.66. The van der Waals surface area contributed by atoms with Crippen molar-refractivity contribution >= 4 is 11.9 Å². The third-order valence-corrected chi connectivity index (χ3v) is 6.18. The van der Waals surface area contributed by atoms with Crippen molar-refractivity contribution in [1.82, 2.24) is 25.3 Å².